The minimum absolute atomic E-state index is 0.225. The summed E-state index contributed by atoms with van der Waals surface area (Å²) in [5.41, 5.74) is 0. The molecule has 2 aliphatic rings. The van der Waals surface area contributed by atoms with Crippen molar-refractivity contribution < 1.29 is 64.6 Å². The zero-order valence-corrected chi connectivity index (χ0v) is 51.7. The quantitative estimate of drug-likeness (QED) is 0.0204. The summed E-state index contributed by atoms with van der Waals surface area (Å²) in [7, 11) is 0. The van der Waals surface area contributed by atoms with Gasteiger partial charge in [0.15, 0.2) is 12.6 Å². The van der Waals surface area contributed by atoms with Gasteiger partial charge in [-0.15, -0.1) is 0 Å². The summed E-state index contributed by atoms with van der Waals surface area (Å²) in [4.78, 5) is 13.3. The average Bonchev–Trinajstić information content (AvgIpc) is 3.64. The molecular formula is C69H119NO13. The molecule has 2 rings (SSSR count). The first kappa shape index (κ1) is 76.0. The number of amides is 1. The van der Waals surface area contributed by atoms with E-state index in [0.29, 0.717) is 12.8 Å². The topological polar surface area (TPSA) is 228 Å². The summed E-state index contributed by atoms with van der Waals surface area (Å²) in [5, 5.41) is 87.2. The normalized spacial score (nSPS) is 24.5. The molecule has 0 bridgehead atoms. The van der Waals surface area contributed by atoms with Gasteiger partial charge in [-0.25, -0.2) is 0 Å². The number of allylic oxidation sites excluding steroid dienone is 15. The van der Waals surface area contributed by atoms with Crippen molar-refractivity contribution in [3.8, 4) is 0 Å². The van der Waals surface area contributed by atoms with Crippen LogP contribution in [0.5, 0.6) is 0 Å². The molecule has 478 valence electrons. The highest BCUT2D eigenvalue weighted by atomic mass is 16.7. The van der Waals surface area contributed by atoms with Gasteiger partial charge in [0, 0.05) is 6.42 Å². The lowest BCUT2D eigenvalue weighted by atomic mass is 9.97. The van der Waals surface area contributed by atoms with Crippen LogP contribution in [0.2, 0.25) is 0 Å². The number of hydrogen-bond acceptors (Lipinski definition) is 13. The Kier molecular flexibility index (Phi) is 48.7. The van der Waals surface area contributed by atoms with Crippen molar-refractivity contribution in [2.45, 2.75) is 312 Å². The van der Waals surface area contributed by atoms with Gasteiger partial charge in [0.25, 0.3) is 0 Å². The van der Waals surface area contributed by atoms with Gasteiger partial charge in [0.2, 0.25) is 5.91 Å². The standard InChI is InChI=1S/C69H119NO13/c1-3-5-7-9-11-13-15-17-19-21-23-24-25-26-27-28-29-30-31-32-33-35-36-38-40-42-44-46-48-50-52-58(73)57(70-61(74)53-51-49-47-45-43-41-39-37-34-22-20-18-16-14-12-10-8-6-4-2)56-80-68-66(79)64(77)67(60(55-72)82-68)83-69-65(78)63(76)62(75)59(54-71)81-69/h6,8,12,14,18,20,34-37,41-44,50,52,57-60,62-69,71-73,75-79H,3-5,7,9-11,13,15-17,19,21-33,38-40,45-49,51,53-56H2,1-2H3,(H,70,74)/b8-6-,14-12-,20-18-,36-35+,37-34-,43-41-,44-42+,52-50+. The molecule has 0 aromatic rings. The maximum Gasteiger partial charge on any atom is 0.220 e. The molecular weight excluding hydrogens is 1050 g/mol. The number of aliphatic hydroxyl groups excluding tert-OH is 8. The summed E-state index contributed by atoms with van der Waals surface area (Å²) < 4.78 is 22.8. The molecule has 2 heterocycles. The molecule has 2 aliphatic heterocycles. The molecule has 0 radical (unpaired) electrons. The van der Waals surface area contributed by atoms with Crippen molar-refractivity contribution >= 4 is 5.91 Å². The fraction of sp³-hybridized carbons (Fsp3) is 0.754. The SMILES string of the molecule is CC/C=C\C/C=C\C/C=C\C/C=C\C/C=C\CCCCCC(=O)NC(COC1OC(CO)C(OC2OC(CO)C(O)C(O)C2O)C(O)C1O)C(O)/C=C/CC/C=C/CC/C=C/CCCCCCCCCCCCCCCCCCCCCC. The third-order valence-corrected chi connectivity index (χ3v) is 15.5. The lowest BCUT2D eigenvalue weighted by molar-refractivity contribution is -0.359. The lowest BCUT2D eigenvalue weighted by Gasteiger charge is -2.46. The Hall–Kier alpha value is -3.09. The first-order chi connectivity index (χ1) is 40.6. The van der Waals surface area contributed by atoms with Crippen LogP contribution in [0.15, 0.2) is 97.2 Å². The highest BCUT2D eigenvalue weighted by Gasteiger charge is 2.51. The number of carbonyl (C=O) groups is 1. The number of rotatable bonds is 52. The molecule has 0 aromatic carbocycles. The van der Waals surface area contributed by atoms with E-state index in [1.165, 1.54) is 128 Å². The Morgan fingerprint density at radius 1 is 0.446 bits per heavy atom. The molecule has 12 unspecified atom stereocenters. The Bertz CT molecular complexity index is 1760. The maximum atomic E-state index is 13.3. The highest BCUT2D eigenvalue weighted by Crippen LogP contribution is 2.30. The molecule has 0 saturated carbocycles. The van der Waals surface area contributed by atoms with Gasteiger partial charge in [-0.3, -0.25) is 4.79 Å². The number of hydrogen-bond donors (Lipinski definition) is 9. The van der Waals surface area contributed by atoms with Gasteiger partial charge in [-0.05, 0) is 89.9 Å². The number of nitrogens with one attached hydrogen (secondary N) is 1. The fourth-order valence-corrected chi connectivity index (χ4v) is 10.2. The smallest absolute Gasteiger partial charge is 0.220 e. The maximum absolute atomic E-state index is 13.3. The van der Waals surface area contributed by atoms with Crippen LogP contribution in [0.3, 0.4) is 0 Å². The third-order valence-electron chi connectivity index (χ3n) is 15.5. The molecule has 0 spiro atoms. The van der Waals surface area contributed by atoms with E-state index in [-0.39, 0.29) is 18.9 Å². The van der Waals surface area contributed by atoms with Crippen molar-refractivity contribution in [2.75, 3.05) is 19.8 Å². The largest absolute Gasteiger partial charge is 0.394 e. The first-order valence-electron chi connectivity index (χ1n) is 33.0. The van der Waals surface area contributed by atoms with Crippen LogP contribution in [0.25, 0.3) is 0 Å². The number of ether oxygens (including phenoxy) is 4. The van der Waals surface area contributed by atoms with Gasteiger partial charge in [-0.1, -0.05) is 239 Å². The van der Waals surface area contributed by atoms with Crippen molar-refractivity contribution in [1.29, 1.82) is 0 Å². The Morgan fingerprint density at radius 3 is 1.33 bits per heavy atom. The molecule has 12 atom stereocenters. The highest BCUT2D eigenvalue weighted by molar-refractivity contribution is 5.76. The minimum atomic E-state index is -1.80. The van der Waals surface area contributed by atoms with Crippen LogP contribution >= 0.6 is 0 Å². The molecule has 14 nitrogen and oxygen atoms in total. The van der Waals surface area contributed by atoms with E-state index in [0.717, 1.165) is 77.0 Å². The van der Waals surface area contributed by atoms with Crippen LogP contribution in [0.4, 0.5) is 0 Å². The molecule has 2 saturated heterocycles. The number of carbonyl (C=O) groups excluding carboxylic acids is 1. The van der Waals surface area contributed by atoms with Crippen LogP contribution < -0.4 is 5.32 Å². The van der Waals surface area contributed by atoms with Gasteiger partial charge >= 0.3 is 0 Å². The Morgan fingerprint density at radius 2 is 0.843 bits per heavy atom. The molecule has 83 heavy (non-hydrogen) atoms. The average molecular weight is 1170 g/mol. The zero-order chi connectivity index (χ0) is 60.2. The van der Waals surface area contributed by atoms with E-state index in [4.69, 9.17) is 18.9 Å². The summed E-state index contributed by atoms with van der Waals surface area (Å²) in [6.45, 7) is 2.64. The number of unbranched alkanes of at least 4 members (excludes halogenated alkanes) is 25. The summed E-state index contributed by atoms with van der Waals surface area (Å²) in [5.74, 6) is -0.287. The van der Waals surface area contributed by atoms with E-state index in [2.05, 4.69) is 104 Å². The predicted molar refractivity (Wildman–Crippen MR) is 336 cm³/mol. The second kappa shape index (κ2) is 53.2. The second-order valence-electron chi connectivity index (χ2n) is 22.8. The minimum Gasteiger partial charge on any atom is -0.394 e. The second-order valence-corrected chi connectivity index (χ2v) is 22.8. The molecule has 0 aromatic heterocycles. The van der Waals surface area contributed by atoms with Crippen LogP contribution in [-0.4, -0.2) is 140 Å². The lowest BCUT2D eigenvalue weighted by Crippen LogP contribution is -2.65. The van der Waals surface area contributed by atoms with Gasteiger partial charge in [0.1, 0.15) is 48.8 Å². The van der Waals surface area contributed by atoms with E-state index in [1.807, 2.05) is 6.08 Å². The van der Waals surface area contributed by atoms with Crippen LogP contribution in [0, 0.1) is 0 Å². The van der Waals surface area contributed by atoms with Gasteiger partial charge in [-0.2, -0.15) is 0 Å². The monoisotopic (exact) mass is 1170 g/mol. The molecule has 1 amide bonds. The van der Waals surface area contributed by atoms with Gasteiger partial charge in [0.05, 0.1) is 32.0 Å². The summed E-state index contributed by atoms with van der Waals surface area (Å²) >= 11 is 0. The van der Waals surface area contributed by atoms with E-state index < -0.39 is 86.8 Å². The van der Waals surface area contributed by atoms with Crippen molar-refractivity contribution in [3.63, 3.8) is 0 Å². The van der Waals surface area contributed by atoms with E-state index in [9.17, 15) is 45.6 Å². The Labute approximate surface area is 503 Å². The van der Waals surface area contributed by atoms with Crippen molar-refractivity contribution in [2.24, 2.45) is 0 Å². The molecule has 9 N–H and O–H groups in total. The zero-order valence-electron chi connectivity index (χ0n) is 51.7. The Balaban J connectivity index is 1.74. The summed E-state index contributed by atoms with van der Waals surface area (Å²) in [6.07, 6.45) is 57.5. The summed E-state index contributed by atoms with van der Waals surface area (Å²) in [6, 6.07) is -0.963. The molecule has 14 heteroatoms. The van der Waals surface area contributed by atoms with Crippen molar-refractivity contribution in [3.05, 3.63) is 97.2 Å². The molecule has 0 aliphatic carbocycles. The first-order valence-corrected chi connectivity index (χ1v) is 33.0. The van der Waals surface area contributed by atoms with Crippen molar-refractivity contribution in [1.82, 2.24) is 5.32 Å². The van der Waals surface area contributed by atoms with E-state index >= 15 is 0 Å². The third kappa shape index (κ3) is 37.9. The number of aliphatic hydroxyl groups is 8. The van der Waals surface area contributed by atoms with Gasteiger partial charge < -0.3 is 65.1 Å². The van der Waals surface area contributed by atoms with E-state index in [1.54, 1.807) is 6.08 Å². The predicted octanol–water partition coefficient (Wildman–Crippen LogP) is 12.6. The van der Waals surface area contributed by atoms with Crippen LogP contribution in [-0.2, 0) is 23.7 Å². The van der Waals surface area contributed by atoms with Crippen LogP contribution in [0.1, 0.15) is 239 Å². The fourth-order valence-electron chi connectivity index (χ4n) is 10.2. The molecule has 2 fully saturated rings.